The molecule has 0 saturated carbocycles. The van der Waals surface area contributed by atoms with E-state index < -0.39 is 0 Å². The highest BCUT2D eigenvalue weighted by Gasteiger charge is 1.73. The van der Waals surface area contributed by atoms with Gasteiger partial charge in [0.05, 0.1) is 0 Å². The van der Waals surface area contributed by atoms with E-state index in [-0.39, 0.29) is 0 Å². The average molecular weight is 135 g/mol. The number of rotatable bonds is 5. The van der Waals surface area contributed by atoms with Crippen LogP contribution in [0, 0.1) is 6.58 Å². The predicted molar refractivity (Wildman–Crippen MR) is 46.7 cm³/mol. The summed E-state index contributed by atoms with van der Waals surface area (Å²) in [7, 11) is 0. The molecule has 0 aliphatic heterocycles. The van der Waals surface area contributed by atoms with Crippen LogP contribution < -0.4 is 0 Å². The van der Waals surface area contributed by atoms with Gasteiger partial charge in [0.2, 0.25) is 0 Å². The summed E-state index contributed by atoms with van der Waals surface area (Å²) in [5.74, 6) is 0. The van der Waals surface area contributed by atoms with Gasteiger partial charge in [-0.05, 0) is 26.2 Å². The molecule has 10 heavy (non-hydrogen) atoms. The third-order valence-corrected chi connectivity index (χ3v) is 1.17. The summed E-state index contributed by atoms with van der Waals surface area (Å²) in [6.45, 7) is 7.22. The summed E-state index contributed by atoms with van der Waals surface area (Å²) in [5, 5.41) is 0. The van der Waals surface area contributed by atoms with Crippen LogP contribution in [0.25, 0.3) is 0 Å². The van der Waals surface area contributed by atoms with Crippen molar-refractivity contribution in [3.05, 3.63) is 37.0 Å². The monoisotopic (exact) mass is 135 g/mol. The van der Waals surface area contributed by atoms with Gasteiger partial charge in [-0.1, -0.05) is 37.0 Å². The van der Waals surface area contributed by atoms with Gasteiger partial charge in [-0.15, -0.1) is 0 Å². The minimum absolute atomic E-state index is 0.885. The fourth-order valence-corrected chi connectivity index (χ4v) is 0.652. The maximum absolute atomic E-state index is 5.18. The van der Waals surface area contributed by atoms with Gasteiger partial charge in [-0.2, -0.15) is 0 Å². The van der Waals surface area contributed by atoms with Gasteiger partial charge in [0.1, 0.15) is 0 Å². The summed E-state index contributed by atoms with van der Waals surface area (Å²) in [6, 6.07) is 0. The van der Waals surface area contributed by atoms with E-state index in [0.717, 1.165) is 19.3 Å². The maximum atomic E-state index is 5.18. The molecule has 0 heteroatoms. The van der Waals surface area contributed by atoms with Crippen molar-refractivity contribution < 1.29 is 0 Å². The van der Waals surface area contributed by atoms with Gasteiger partial charge < -0.3 is 0 Å². The van der Waals surface area contributed by atoms with Crippen molar-refractivity contribution in [1.29, 1.82) is 0 Å². The molecule has 0 heterocycles. The lowest BCUT2D eigenvalue weighted by Gasteiger charge is -1.83. The molecule has 0 aliphatic rings. The van der Waals surface area contributed by atoms with Crippen molar-refractivity contribution in [3.8, 4) is 0 Å². The highest BCUT2D eigenvalue weighted by atomic mass is 13.8. The Morgan fingerprint density at radius 1 is 1.10 bits per heavy atom. The molecule has 0 aliphatic carbocycles. The molecule has 0 N–H and O–H groups in total. The minimum Gasteiger partial charge on any atom is -0.0917 e. The Bertz CT molecular complexity index is 118. The van der Waals surface area contributed by atoms with Crippen molar-refractivity contribution >= 4 is 0 Å². The van der Waals surface area contributed by atoms with Crippen LogP contribution in [-0.4, -0.2) is 0 Å². The summed E-state index contributed by atoms with van der Waals surface area (Å²) < 4.78 is 0. The molecule has 55 valence electrons. The van der Waals surface area contributed by atoms with Crippen LogP contribution in [-0.2, 0) is 0 Å². The fourth-order valence-electron chi connectivity index (χ4n) is 0.652. The predicted octanol–water partition coefficient (Wildman–Crippen LogP) is 3.28. The zero-order valence-corrected chi connectivity index (χ0v) is 6.59. The number of allylic oxidation sites excluding steroid dienone is 5. The van der Waals surface area contributed by atoms with Crippen molar-refractivity contribution in [1.82, 2.24) is 0 Å². The standard InChI is InChI=1S/C10H15/c1-3-5-7-9-10-8-6-4-2/h1,3-4,6-7,9H,5,8,10H2,2H3. The van der Waals surface area contributed by atoms with Crippen LogP contribution in [0.3, 0.4) is 0 Å². The largest absolute Gasteiger partial charge is 0.0917 e. The molecule has 0 nitrogen and oxygen atoms in total. The van der Waals surface area contributed by atoms with Crippen LogP contribution in [0.4, 0.5) is 0 Å². The zero-order valence-electron chi connectivity index (χ0n) is 6.59. The van der Waals surface area contributed by atoms with Crippen molar-refractivity contribution in [2.24, 2.45) is 0 Å². The first kappa shape index (κ1) is 9.22. The lowest BCUT2D eigenvalue weighted by molar-refractivity contribution is 1.04. The minimum atomic E-state index is 0.885. The molecule has 0 spiro atoms. The summed E-state index contributed by atoms with van der Waals surface area (Å²) in [5.41, 5.74) is 0. The average Bonchev–Trinajstić information content (AvgIpc) is 1.97. The molecular weight excluding hydrogens is 120 g/mol. The smallest absolute Gasteiger partial charge is 0.0166 e. The Balaban J connectivity index is 3.09. The molecule has 0 fully saturated rings. The van der Waals surface area contributed by atoms with Crippen LogP contribution in [0.1, 0.15) is 26.2 Å². The molecule has 0 atom stereocenters. The quantitative estimate of drug-likeness (QED) is 0.401. The molecule has 0 aromatic rings. The van der Waals surface area contributed by atoms with E-state index in [4.69, 9.17) is 6.58 Å². The molecule has 0 aromatic heterocycles. The fraction of sp³-hybridized carbons (Fsp3) is 0.400. The van der Waals surface area contributed by atoms with E-state index in [1.807, 2.05) is 6.92 Å². The van der Waals surface area contributed by atoms with Gasteiger partial charge in [-0.25, -0.2) is 0 Å². The topological polar surface area (TPSA) is 0 Å². The number of hydrogen-bond donors (Lipinski definition) is 0. The molecular formula is C10H15. The van der Waals surface area contributed by atoms with Gasteiger partial charge >= 0.3 is 0 Å². The molecule has 0 bridgehead atoms. The third kappa shape index (κ3) is 7.22. The maximum Gasteiger partial charge on any atom is -0.0166 e. The first-order valence-corrected chi connectivity index (χ1v) is 3.71. The molecule has 1 radical (unpaired) electrons. The van der Waals surface area contributed by atoms with Gasteiger partial charge in [0.15, 0.2) is 0 Å². The Kier molecular flexibility index (Phi) is 7.58. The van der Waals surface area contributed by atoms with E-state index in [1.54, 1.807) is 6.08 Å². The lowest BCUT2D eigenvalue weighted by atomic mass is 10.2. The molecule has 0 aromatic carbocycles. The SMILES string of the molecule is [CH]=CCC=CCCC=CC. The second kappa shape index (κ2) is 8.22. The molecule has 0 saturated heterocycles. The summed E-state index contributed by atoms with van der Waals surface area (Å²) in [4.78, 5) is 0. The third-order valence-electron chi connectivity index (χ3n) is 1.17. The van der Waals surface area contributed by atoms with Crippen molar-refractivity contribution in [3.63, 3.8) is 0 Å². The van der Waals surface area contributed by atoms with E-state index in [1.165, 1.54) is 0 Å². The highest BCUT2D eigenvalue weighted by molar-refractivity contribution is 4.89. The first-order valence-electron chi connectivity index (χ1n) is 3.71. The Morgan fingerprint density at radius 2 is 1.80 bits per heavy atom. The van der Waals surface area contributed by atoms with Gasteiger partial charge in [0.25, 0.3) is 0 Å². The second-order valence-corrected chi connectivity index (χ2v) is 2.09. The van der Waals surface area contributed by atoms with Crippen molar-refractivity contribution in [2.75, 3.05) is 0 Å². The van der Waals surface area contributed by atoms with Crippen LogP contribution in [0.5, 0.6) is 0 Å². The second-order valence-electron chi connectivity index (χ2n) is 2.09. The zero-order chi connectivity index (χ0) is 7.66. The van der Waals surface area contributed by atoms with Crippen LogP contribution in [0.15, 0.2) is 30.4 Å². The Morgan fingerprint density at radius 3 is 2.40 bits per heavy atom. The van der Waals surface area contributed by atoms with E-state index in [9.17, 15) is 0 Å². The normalized spacial score (nSPS) is 11.3. The van der Waals surface area contributed by atoms with E-state index >= 15 is 0 Å². The summed E-state index contributed by atoms with van der Waals surface area (Å²) in [6.07, 6.45) is 13.3. The number of unbranched alkanes of at least 4 members (excludes halogenated alkanes) is 1. The van der Waals surface area contributed by atoms with Crippen LogP contribution >= 0.6 is 0 Å². The Hall–Kier alpha value is -0.780. The van der Waals surface area contributed by atoms with Gasteiger partial charge in [-0.3, -0.25) is 0 Å². The Labute approximate surface area is 64.0 Å². The summed E-state index contributed by atoms with van der Waals surface area (Å²) >= 11 is 0. The number of hydrogen-bond acceptors (Lipinski definition) is 0. The molecule has 0 unspecified atom stereocenters. The molecule has 0 rings (SSSR count). The van der Waals surface area contributed by atoms with E-state index in [0.29, 0.717) is 0 Å². The molecule has 0 amide bonds. The van der Waals surface area contributed by atoms with Gasteiger partial charge in [0, 0.05) is 0 Å². The van der Waals surface area contributed by atoms with Crippen LogP contribution in [0.2, 0.25) is 0 Å². The first-order chi connectivity index (χ1) is 4.91. The van der Waals surface area contributed by atoms with E-state index in [2.05, 4.69) is 24.3 Å². The van der Waals surface area contributed by atoms with Crippen molar-refractivity contribution in [2.45, 2.75) is 26.2 Å². The lowest BCUT2D eigenvalue weighted by Crippen LogP contribution is -1.63. The highest BCUT2D eigenvalue weighted by Crippen LogP contribution is 1.93.